The molecule has 1 unspecified atom stereocenters. The second-order valence-corrected chi connectivity index (χ2v) is 7.12. The molecule has 0 radical (unpaired) electrons. The van der Waals surface area contributed by atoms with Crippen molar-refractivity contribution in [3.8, 4) is 0 Å². The Morgan fingerprint density at radius 2 is 2.12 bits per heavy atom. The number of rotatable bonds is 2. The first-order valence-electron chi connectivity index (χ1n) is 7.76. The van der Waals surface area contributed by atoms with Gasteiger partial charge in [-0.1, -0.05) is 5.16 Å². The predicted molar refractivity (Wildman–Crippen MR) is 88.1 cm³/mol. The van der Waals surface area contributed by atoms with Crippen LogP contribution < -0.4 is 0 Å². The quantitative estimate of drug-likeness (QED) is 0.823. The van der Waals surface area contributed by atoms with Gasteiger partial charge in [0.15, 0.2) is 0 Å². The van der Waals surface area contributed by atoms with Crippen molar-refractivity contribution in [1.29, 1.82) is 0 Å². The maximum Gasteiger partial charge on any atom is 0.259 e. The summed E-state index contributed by atoms with van der Waals surface area (Å²) in [7, 11) is 0. The normalized spacial score (nSPS) is 18.5. The van der Waals surface area contributed by atoms with Crippen molar-refractivity contribution in [2.24, 2.45) is 0 Å². The highest BCUT2D eigenvalue weighted by Crippen LogP contribution is 2.36. The minimum atomic E-state index is -0.445. The minimum absolute atomic E-state index is 0.118. The van der Waals surface area contributed by atoms with Crippen molar-refractivity contribution >= 4 is 17.7 Å². The second-order valence-electron chi connectivity index (χ2n) is 5.81. The zero-order valence-corrected chi connectivity index (χ0v) is 14.3. The van der Waals surface area contributed by atoms with E-state index < -0.39 is 11.6 Å². The second kappa shape index (κ2) is 6.93. The molecule has 1 aliphatic rings. The Kier molecular flexibility index (Phi) is 4.89. The Labute approximate surface area is 143 Å². The van der Waals surface area contributed by atoms with Crippen LogP contribution in [0.2, 0.25) is 0 Å². The third-order valence-corrected chi connectivity index (χ3v) is 5.49. The summed E-state index contributed by atoms with van der Waals surface area (Å²) in [5.41, 5.74) is 1.43. The lowest BCUT2D eigenvalue weighted by Gasteiger charge is -2.20. The van der Waals surface area contributed by atoms with Crippen LogP contribution in [-0.4, -0.2) is 34.8 Å². The molecule has 1 aliphatic heterocycles. The minimum Gasteiger partial charge on any atom is -0.361 e. The Balaban J connectivity index is 1.76. The Hall–Kier alpha value is -1.89. The highest BCUT2D eigenvalue weighted by molar-refractivity contribution is 7.99. The van der Waals surface area contributed by atoms with E-state index in [-0.39, 0.29) is 11.2 Å². The monoisotopic (exact) mass is 352 g/mol. The zero-order chi connectivity index (χ0) is 17.3. The van der Waals surface area contributed by atoms with E-state index in [1.54, 1.807) is 30.5 Å². The van der Waals surface area contributed by atoms with Crippen molar-refractivity contribution in [2.75, 3.05) is 18.8 Å². The summed E-state index contributed by atoms with van der Waals surface area (Å²) in [4.78, 5) is 14.4. The van der Waals surface area contributed by atoms with Crippen LogP contribution in [0.1, 0.15) is 39.0 Å². The molecule has 4 nitrogen and oxygen atoms in total. The number of halogens is 2. The number of aryl methyl sites for hydroxylation is 2. The van der Waals surface area contributed by atoms with Crippen molar-refractivity contribution in [2.45, 2.75) is 25.5 Å². The van der Waals surface area contributed by atoms with Crippen molar-refractivity contribution in [3.05, 3.63) is 52.4 Å². The number of nitrogens with zero attached hydrogens (tertiary/aromatic N) is 2. The topological polar surface area (TPSA) is 46.3 Å². The van der Waals surface area contributed by atoms with Gasteiger partial charge in [0.05, 0.1) is 5.69 Å². The van der Waals surface area contributed by atoms with Gasteiger partial charge in [0.25, 0.3) is 5.91 Å². The van der Waals surface area contributed by atoms with Crippen LogP contribution in [-0.2, 0) is 0 Å². The molecule has 7 heteroatoms. The van der Waals surface area contributed by atoms with Crippen LogP contribution in [0.3, 0.4) is 0 Å². The molecule has 1 saturated heterocycles. The van der Waals surface area contributed by atoms with Crippen molar-refractivity contribution < 1.29 is 18.1 Å². The van der Waals surface area contributed by atoms with E-state index in [0.29, 0.717) is 47.8 Å². The highest BCUT2D eigenvalue weighted by atomic mass is 32.2. The Morgan fingerprint density at radius 1 is 1.33 bits per heavy atom. The number of hydrogen-bond acceptors (Lipinski definition) is 4. The molecule has 0 N–H and O–H groups in total. The van der Waals surface area contributed by atoms with Gasteiger partial charge in [0.1, 0.15) is 23.0 Å². The molecule has 1 atom stereocenters. The molecule has 1 aromatic heterocycles. The molecule has 1 aromatic carbocycles. The lowest BCUT2D eigenvalue weighted by Crippen LogP contribution is -2.33. The number of benzene rings is 1. The molecule has 1 amide bonds. The average Bonchev–Trinajstić information content (AvgIpc) is 2.77. The SMILES string of the molecule is Cc1noc(C)c1C(=O)N1CCSC(c2cc(F)ccc2F)CC1. The fraction of sp³-hybridized carbons (Fsp3) is 0.412. The zero-order valence-electron chi connectivity index (χ0n) is 13.5. The predicted octanol–water partition coefficient (Wildman–Crippen LogP) is 3.89. The number of hydrogen-bond donors (Lipinski definition) is 0. The van der Waals surface area contributed by atoms with Gasteiger partial charge in [-0.3, -0.25) is 4.79 Å². The van der Waals surface area contributed by atoms with Crippen LogP contribution in [0.25, 0.3) is 0 Å². The van der Waals surface area contributed by atoms with Crippen LogP contribution in [0.15, 0.2) is 22.7 Å². The third kappa shape index (κ3) is 3.31. The van der Waals surface area contributed by atoms with E-state index in [2.05, 4.69) is 5.16 Å². The highest BCUT2D eigenvalue weighted by Gasteiger charge is 2.27. The van der Waals surface area contributed by atoms with Gasteiger partial charge in [-0.2, -0.15) is 11.8 Å². The van der Waals surface area contributed by atoms with Crippen LogP contribution in [0, 0.1) is 25.5 Å². The smallest absolute Gasteiger partial charge is 0.259 e. The summed E-state index contributed by atoms with van der Waals surface area (Å²) in [6.07, 6.45) is 0.570. The first-order chi connectivity index (χ1) is 11.5. The standard InChI is InChI=1S/C17H18F2N2O2S/c1-10-16(11(2)23-20-10)17(22)21-6-5-15(24-8-7-21)13-9-12(18)3-4-14(13)19/h3-4,9,15H,5-8H2,1-2H3. The lowest BCUT2D eigenvalue weighted by atomic mass is 10.1. The van der Waals surface area contributed by atoms with E-state index in [0.717, 1.165) is 12.1 Å². The van der Waals surface area contributed by atoms with E-state index in [9.17, 15) is 13.6 Å². The number of amides is 1. The number of aromatic nitrogens is 1. The fourth-order valence-corrected chi connectivity index (χ4v) is 4.17. The summed E-state index contributed by atoms with van der Waals surface area (Å²) in [6, 6.07) is 3.52. The molecule has 128 valence electrons. The first kappa shape index (κ1) is 17.0. The molecule has 0 spiro atoms. The molecule has 0 saturated carbocycles. The van der Waals surface area contributed by atoms with Gasteiger partial charge in [-0.25, -0.2) is 8.78 Å². The number of carbonyl (C=O) groups is 1. The van der Waals surface area contributed by atoms with Crippen molar-refractivity contribution in [3.63, 3.8) is 0 Å². The maximum atomic E-state index is 14.0. The number of carbonyl (C=O) groups excluding carboxylic acids is 1. The van der Waals surface area contributed by atoms with E-state index in [1.165, 1.54) is 6.07 Å². The third-order valence-electron chi connectivity index (χ3n) is 4.18. The lowest BCUT2D eigenvalue weighted by molar-refractivity contribution is 0.0764. The Bertz CT molecular complexity index is 744. The number of thioether (sulfide) groups is 1. The fourth-order valence-electron chi connectivity index (χ4n) is 2.93. The van der Waals surface area contributed by atoms with Gasteiger partial charge < -0.3 is 9.42 Å². The molecular weight excluding hydrogens is 334 g/mol. The maximum absolute atomic E-state index is 14.0. The first-order valence-corrected chi connectivity index (χ1v) is 8.81. The Morgan fingerprint density at radius 3 is 2.83 bits per heavy atom. The van der Waals surface area contributed by atoms with Gasteiger partial charge in [0, 0.05) is 29.7 Å². The largest absolute Gasteiger partial charge is 0.361 e. The molecule has 3 rings (SSSR count). The molecule has 1 fully saturated rings. The van der Waals surface area contributed by atoms with Crippen LogP contribution in [0.4, 0.5) is 8.78 Å². The molecule has 2 heterocycles. The summed E-state index contributed by atoms with van der Waals surface area (Å²) >= 11 is 1.55. The van der Waals surface area contributed by atoms with E-state index in [4.69, 9.17) is 4.52 Å². The molecule has 0 aliphatic carbocycles. The molecule has 2 aromatic rings. The average molecular weight is 352 g/mol. The molecule has 0 bridgehead atoms. The summed E-state index contributed by atoms with van der Waals surface area (Å²) in [5.74, 6) is 0.198. The van der Waals surface area contributed by atoms with Crippen LogP contribution >= 0.6 is 11.8 Å². The van der Waals surface area contributed by atoms with Gasteiger partial charge in [-0.15, -0.1) is 0 Å². The van der Waals surface area contributed by atoms with Gasteiger partial charge in [0.2, 0.25) is 0 Å². The van der Waals surface area contributed by atoms with E-state index >= 15 is 0 Å². The van der Waals surface area contributed by atoms with Crippen LogP contribution in [0.5, 0.6) is 0 Å². The van der Waals surface area contributed by atoms with Gasteiger partial charge >= 0.3 is 0 Å². The molecular formula is C17H18F2N2O2S. The van der Waals surface area contributed by atoms with E-state index in [1.807, 2.05) is 0 Å². The molecule has 24 heavy (non-hydrogen) atoms. The summed E-state index contributed by atoms with van der Waals surface area (Å²) < 4.78 is 32.5. The van der Waals surface area contributed by atoms with Crippen molar-refractivity contribution in [1.82, 2.24) is 10.1 Å². The summed E-state index contributed by atoms with van der Waals surface area (Å²) in [6.45, 7) is 4.49. The summed E-state index contributed by atoms with van der Waals surface area (Å²) in [5, 5.41) is 3.66. The van der Waals surface area contributed by atoms with Gasteiger partial charge in [-0.05, 0) is 38.5 Å².